The molecule has 6 nitrogen and oxygen atoms in total. The van der Waals surface area contributed by atoms with Gasteiger partial charge in [-0.15, -0.1) is 10.2 Å². The number of nitriles is 1. The zero-order valence-electron chi connectivity index (χ0n) is 13.6. The summed E-state index contributed by atoms with van der Waals surface area (Å²) < 4.78 is 8.07. The van der Waals surface area contributed by atoms with Crippen LogP contribution in [-0.4, -0.2) is 46.3 Å². The van der Waals surface area contributed by atoms with Crippen LogP contribution < -0.4 is 4.90 Å². The van der Waals surface area contributed by atoms with Crippen molar-refractivity contribution in [1.82, 2.24) is 14.8 Å². The predicted molar refractivity (Wildman–Crippen MR) is 90.6 cm³/mol. The molecular weight excluding hydrogens is 310 g/mol. The Balaban J connectivity index is 1.71. The number of piperidine rings is 1. The normalized spacial score (nSPS) is 21.5. The van der Waals surface area contributed by atoms with Gasteiger partial charge in [0.2, 0.25) is 5.95 Å². The van der Waals surface area contributed by atoms with Gasteiger partial charge in [-0.3, -0.25) is 4.57 Å². The van der Waals surface area contributed by atoms with E-state index in [1.807, 2.05) is 0 Å². The number of aromatic nitrogens is 3. The fraction of sp³-hybridized carbons (Fsp3) is 0.812. The van der Waals surface area contributed by atoms with Crippen LogP contribution in [0.5, 0.6) is 0 Å². The average molecular weight is 335 g/mol. The van der Waals surface area contributed by atoms with Gasteiger partial charge in [0, 0.05) is 31.9 Å². The fourth-order valence-electron chi connectivity index (χ4n) is 3.18. The topological polar surface area (TPSA) is 67.0 Å². The summed E-state index contributed by atoms with van der Waals surface area (Å²) >= 11 is 1.71. The molecule has 2 aliphatic heterocycles. The van der Waals surface area contributed by atoms with E-state index >= 15 is 0 Å². The molecule has 2 aliphatic rings. The summed E-state index contributed by atoms with van der Waals surface area (Å²) in [6.07, 6.45) is 7.83. The van der Waals surface area contributed by atoms with E-state index in [2.05, 4.69) is 25.7 Å². The highest BCUT2D eigenvalue weighted by molar-refractivity contribution is 7.99. The Morgan fingerprint density at radius 1 is 1.22 bits per heavy atom. The Labute approximate surface area is 142 Å². The van der Waals surface area contributed by atoms with Gasteiger partial charge in [0.25, 0.3) is 0 Å². The maximum absolute atomic E-state index is 8.67. The molecule has 7 heteroatoms. The van der Waals surface area contributed by atoms with Crippen molar-refractivity contribution in [3.63, 3.8) is 0 Å². The van der Waals surface area contributed by atoms with Crippen LogP contribution in [0.1, 0.15) is 44.9 Å². The number of ether oxygens (including phenoxy) is 1. The van der Waals surface area contributed by atoms with Gasteiger partial charge in [-0.2, -0.15) is 5.26 Å². The van der Waals surface area contributed by atoms with Crippen molar-refractivity contribution in [1.29, 1.82) is 5.26 Å². The van der Waals surface area contributed by atoms with Gasteiger partial charge in [0.05, 0.1) is 18.7 Å². The zero-order valence-corrected chi connectivity index (χ0v) is 14.4. The summed E-state index contributed by atoms with van der Waals surface area (Å²) in [5.74, 6) is 1.92. The molecule has 1 aromatic heterocycles. The second kappa shape index (κ2) is 8.55. The molecule has 23 heavy (non-hydrogen) atoms. The van der Waals surface area contributed by atoms with Crippen LogP contribution in [0.2, 0.25) is 0 Å². The van der Waals surface area contributed by atoms with E-state index < -0.39 is 0 Å². The summed E-state index contributed by atoms with van der Waals surface area (Å²) in [5.41, 5.74) is 0. The molecule has 1 unspecified atom stereocenters. The first-order chi connectivity index (χ1) is 11.4. The van der Waals surface area contributed by atoms with Crippen molar-refractivity contribution < 1.29 is 4.74 Å². The molecule has 1 aromatic rings. The van der Waals surface area contributed by atoms with Gasteiger partial charge in [0.15, 0.2) is 5.16 Å². The predicted octanol–water partition coefficient (Wildman–Crippen LogP) is 2.84. The summed E-state index contributed by atoms with van der Waals surface area (Å²) in [7, 11) is 0. The Kier molecular flexibility index (Phi) is 6.17. The Morgan fingerprint density at radius 3 is 2.83 bits per heavy atom. The van der Waals surface area contributed by atoms with Crippen LogP contribution >= 0.6 is 11.8 Å². The standard InChI is InChI=1S/C16H25N5OS/c17-8-2-5-12-23-16-19-18-15(20-9-3-1-4-10-20)21(16)13-14-7-6-11-22-14/h14H,1-7,9-13H2. The van der Waals surface area contributed by atoms with Gasteiger partial charge in [-0.1, -0.05) is 11.8 Å². The molecule has 1 atom stereocenters. The molecule has 0 saturated carbocycles. The van der Waals surface area contributed by atoms with Crippen molar-refractivity contribution >= 4 is 17.7 Å². The van der Waals surface area contributed by atoms with E-state index in [9.17, 15) is 0 Å². The van der Waals surface area contributed by atoms with Crippen molar-refractivity contribution in [3.05, 3.63) is 0 Å². The highest BCUT2D eigenvalue weighted by Crippen LogP contribution is 2.27. The van der Waals surface area contributed by atoms with Crippen LogP contribution in [0.3, 0.4) is 0 Å². The summed E-state index contributed by atoms with van der Waals surface area (Å²) in [6, 6.07) is 2.20. The van der Waals surface area contributed by atoms with E-state index in [4.69, 9.17) is 10.00 Å². The van der Waals surface area contributed by atoms with Gasteiger partial charge < -0.3 is 9.64 Å². The molecular formula is C16H25N5OS. The molecule has 0 aromatic carbocycles. The minimum Gasteiger partial charge on any atom is -0.376 e. The van der Waals surface area contributed by atoms with Crippen molar-refractivity contribution in [2.45, 2.75) is 62.8 Å². The lowest BCUT2D eigenvalue weighted by molar-refractivity contribution is 0.0951. The molecule has 3 heterocycles. The third-order valence-corrected chi connectivity index (χ3v) is 5.46. The van der Waals surface area contributed by atoms with E-state index in [0.29, 0.717) is 6.42 Å². The van der Waals surface area contributed by atoms with Gasteiger partial charge >= 0.3 is 0 Å². The largest absolute Gasteiger partial charge is 0.376 e. The van der Waals surface area contributed by atoms with E-state index in [-0.39, 0.29) is 6.10 Å². The number of nitrogens with zero attached hydrogens (tertiary/aromatic N) is 5. The first kappa shape index (κ1) is 16.6. The molecule has 3 rings (SSSR count). The number of hydrogen-bond acceptors (Lipinski definition) is 6. The van der Waals surface area contributed by atoms with Crippen molar-refractivity contribution in [2.24, 2.45) is 0 Å². The maximum atomic E-state index is 8.67. The third-order valence-electron chi connectivity index (χ3n) is 4.41. The molecule has 0 amide bonds. The highest BCUT2D eigenvalue weighted by Gasteiger charge is 2.24. The third kappa shape index (κ3) is 4.39. The summed E-state index contributed by atoms with van der Waals surface area (Å²) in [5, 5.41) is 18.5. The second-order valence-corrected chi connectivity index (χ2v) is 7.25. The number of thioether (sulfide) groups is 1. The molecule has 0 spiro atoms. The Morgan fingerprint density at radius 2 is 2.09 bits per heavy atom. The summed E-state index contributed by atoms with van der Waals surface area (Å²) in [6.45, 7) is 3.86. The maximum Gasteiger partial charge on any atom is 0.228 e. The van der Waals surface area contributed by atoms with Crippen molar-refractivity contribution in [2.75, 3.05) is 30.3 Å². The van der Waals surface area contributed by atoms with Crippen molar-refractivity contribution in [3.8, 4) is 6.07 Å². The molecule has 126 valence electrons. The Bertz CT molecular complexity index is 529. The lowest BCUT2D eigenvalue weighted by Gasteiger charge is -2.28. The van der Waals surface area contributed by atoms with Gasteiger partial charge in [-0.05, 0) is 38.5 Å². The smallest absolute Gasteiger partial charge is 0.228 e. The number of anilines is 1. The van der Waals surface area contributed by atoms with E-state index in [0.717, 1.165) is 62.4 Å². The molecule has 0 aliphatic carbocycles. The van der Waals surface area contributed by atoms with Gasteiger partial charge in [0.1, 0.15) is 0 Å². The number of unbranched alkanes of at least 4 members (excludes halogenated alkanes) is 1. The second-order valence-electron chi connectivity index (χ2n) is 6.19. The van der Waals surface area contributed by atoms with Crippen LogP contribution in [0.15, 0.2) is 5.16 Å². The minimum atomic E-state index is 0.285. The lowest BCUT2D eigenvalue weighted by atomic mass is 10.1. The number of rotatable bonds is 7. The average Bonchev–Trinajstić information content (AvgIpc) is 3.23. The zero-order chi connectivity index (χ0) is 15.9. The molecule has 2 fully saturated rings. The first-order valence-electron chi connectivity index (χ1n) is 8.68. The summed E-state index contributed by atoms with van der Waals surface area (Å²) in [4.78, 5) is 2.37. The quantitative estimate of drug-likeness (QED) is 0.564. The molecule has 0 N–H and O–H groups in total. The molecule has 0 radical (unpaired) electrons. The Hall–Kier alpha value is -1.26. The first-order valence-corrected chi connectivity index (χ1v) is 9.66. The molecule has 2 saturated heterocycles. The highest BCUT2D eigenvalue weighted by atomic mass is 32.2. The van der Waals surface area contributed by atoms with Crippen LogP contribution in [-0.2, 0) is 11.3 Å². The van der Waals surface area contributed by atoms with Crippen LogP contribution in [0.4, 0.5) is 5.95 Å². The van der Waals surface area contributed by atoms with Crippen LogP contribution in [0, 0.1) is 11.3 Å². The fourth-order valence-corrected chi connectivity index (χ4v) is 4.06. The van der Waals surface area contributed by atoms with E-state index in [1.165, 1.54) is 19.3 Å². The van der Waals surface area contributed by atoms with Gasteiger partial charge in [-0.25, -0.2) is 0 Å². The monoisotopic (exact) mass is 335 g/mol. The minimum absolute atomic E-state index is 0.285. The van der Waals surface area contributed by atoms with E-state index in [1.54, 1.807) is 11.8 Å². The lowest BCUT2D eigenvalue weighted by Crippen LogP contribution is -2.33. The van der Waals surface area contributed by atoms with Crippen LogP contribution in [0.25, 0.3) is 0 Å². The SMILES string of the molecule is N#CCCCSc1nnc(N2CCCCC2)n1CC1CCCO1. The number of hydrogen-bond donors (Lipinski definition) is 0. The molecule has 0 bridgehead atoms.